The maximum absolute atomic E-state index is 10.6. The lowest BCUT2D eigenvalue weighted by Crippen LogP contribution is -2.55. The highest BCUT2D eigenvalue weighted by Gasteiger charge is 2.52. The average Bonchev–Trinajstić information content (AvgIpc) is 3.26. The topological polar surface area (TPSA) is 152 Å². The smallest absolute Gasteiger partial charge is 0.172 e. The van der Waals surface area contributed by atoms with Gasteiger partial charge in [0.05, 0.1) is 18.3 Å². The summed E-state index contributed by atoms with van der Waals surface area (Å²) in [5.74, 6) is 2.67. The molecule has 272 valence electrons. The molecule has 3 fully saturated rings. The lowest BCUT2D eigenvalue weighted by Gasteiger charge is -2.54. The summed E-state index contributed by atoms with van der Waals surface area (Å²) in [4.78, 5) is 0. The first-order valence-electron chi connectivity index (χ1n) is 18.4. The molecule has 0 aromatic heterocycles. The Bertz CT molecular complexity index is 1260. The van der Waals surface area contributed by atoms with Crippen LogP contribution in [0.25, 0.3) is 0 Å². The highest BCUT2D eigenvalue weighted by atomic mass is 16.7. The van der Waals surface area contributed by atoms with Gasteiger partial charge in [-0.25, -0.2) is 0 Å². The van der Waals surface area contributed by atoms with Gasteiger partial charge in [0, 0.05) is 24.0 Å². The maximum atomic E-state index is 10.6. The molecule has 3 heterocycles. The molecule has 9 nitrogen and oxygen atoms in total. The van der Waals surface area contributed by atoms with E-state index in [2.05, 4.69) is 52.9 Å². The minimum Gasteiger partial charge on any atom is -0.508 e. The fourth-order valence-electron chi connectivity index (χ4n) is 9.29. The third kappa shape index (κ3) is 7.92. The summed E-state index contributed by atoms with van der Waals surface area (Å²) in [5.41, 5.74) is 2.68. The van der Waals surface area contributed by atoms with E-state index in [1.165, 1.54) is 11.6 Å². The Labute approximate surface area is 288 Å². The van der Waals surface area contributed by atoms with Crippen LogP contribution in [0.1, 0.15) is 113 Å². The molecule has 5 aliphatic rings. The minimum atomic E-state index is -1.10. The van der Waals surface area contributed by atoms with Crippen LogP contribution in [0.2, 0.25) is 0 Å². The quantitative estimate of drug-likeness (QED) is 0.167. The zero-order valence-electron chi connectivity index (χ0n) is 30.6. The van der Waals surface area contributed by atoms with E-state index in [4.69, 9.17) is 24.8 Å². The van der Waals surface area contributed by atoms with Crippen molar-refractivity contribution in [3.05, 3.63) is 46.7 Å². The van der Waals surface area contributed by atoms with Gasteiger partial charge in [0.25, 0.3) is 0 Å². The van der Waals surface area contributed by atoms with Crippen molar-refractivity contribution in [2.45, 2.75) is 137 Å². The number of phenols is 2. The van der Waals surface area contributed by atoms with Gasteiger partial charge in [-0.1, -0.05) is 60.1 Å². The number of aliphatic hydroxyl groups excluding tert-OH is 4. The van der Waals surface area contributed by atoms with Crippen LogP contribution in [-0.2, 0) is 9.47 Å². The number of aromatic hydroxyl groups is 2. The van der Waals surface area contributed by atoms with E-state index in [-0.39, 0.29) is 47.4 Å². The average molecular weight is 674 g/mol. The Kier molecular flexibility index (Phi) is 12.7. The number of allylic oxidation sites excluding steroid dienone is 2. The second-order valence-electron chi connectivity index (χ2n) is 15.3. The van der Waals surface area contributed by atoms with Crippen LogP contribution in [0.15, 0.2) is 41.2 Å². The van der Waals surface area contributed by atoms with E-state index in [9.17, 15) is 15.3 Å². The minimum absolute atomic E-state index is 0.0587. The lowest BCUT2D eigenvalue weighted by molar-refractivity contribution is -0.356. The van der Waals surface area contributed by atoms with Crippen LogP contribution < -0.4 is 5.32 Å². The molecule has 14 atom stereocenters. The first-order chi connectivity index (χ1) is 22.6. The highest BCUT2D eigenvalue weighted by molar-refractivity contribution is 5.38. The number of rotatable bonds is 3. The summed E-state index contributed by atoms with van der Waals surface area (Å²) in [7, 11) is 0. The first kappa shape index (κ1) is 38.7. The van der Waals surface area contributed by atoms with Gasteiger partial charge < -0.3 is 40.1 Å². The number of phenolic OH excluding ortho intramolecular Hbond substituents is 2. The number of nitrogens with one attached hydrogen (secondary N) is 1. The normalized spacial score (nSPS) is 42.6. The van der Waals surface area contributed by atoms with Crippen LogP contribution >= 0.6 is 0 Å². The van der Waals surface area contributed by atoms with Crippen LogP contribution in [0.5, 0.6) is 11.5 Å². The van der Waals surface area contributed by atoms with Crippen molar-refractivity contribution in [3.8, 4) is 11.5 Å². The van der Waals surface area contributed by atoms with Gasteiger partial charge in [0.1, 0.15) is 23.5 Å². The van der Waals surface area contributed by atoms with Crippen LogP contribution in [0.3, 0.4) is 0 Å². The molecule has 6 rings (SSSR count). The number of hydrogen-bond acceptors (Lipinski definition) is 9. The van der Waals surface area contributed by atoms with Crippen LogP contribution in [-0.4, -0.2) is 61.1 Å². The molecule has 0 amide bonds. The molecule has 9 heteroatoms. The summed E-state index contributed by atoms with van der Waals surface area (Å²) in [6.07, 6.45) is 6.11. The number of hydrogen-bond donors (Lipinski definition) is 7. The molecule has 1 aromatic rings. The largest absolute Gasteiger partial charge is 0.508 e. The van der Waals surface area contributed by atoms with E-state index in [1.54, 1.807) is 19.1 Å². The Hall–Kier alpha value is -2.14. The summed E-state index contributed by atoms with van der Waals surface area (Å²) < 4.78 is 13.9. The van der Waals surface area contributed by atoms with Crippen LogP contribution in [0.4, 0.5) is 0 Å². The number of aliphatic hydroxyl groups is 4. The summed E-state index contributed by atoms with van der Waals surface area (Å²) in [5, 5.41) is 59.6. The Balaban J connectivity index is 0.000000406. The predicted octanol–water partition coefficient (Wildman–Crippen LogP) is 7.05. The molecule has 2 saturated heterocycles. The highest BCUT2D eigenvalue weighted by Crippen LogP contribution is 2.54. The Morgan fingerprint density at radius 2 is 1.46 bits per heavy atom. The third-order valence-corrected chi connectivity index (χ3v) is 12.2. The van der Waals surface area contributed by atoms with Gasteiger partial charge in [0.15, 0.2) is 12.0 Å². The van der Waals surface area contributed by atoms with E-state index in [0.29, 0.717) is 41.1 Å². The van der Waals surface area contributed by atoms with Gasteiger partial charge in [-0.3, -0.25) is 5.32 Å². The van der Waals surface area contributed by atoms with E-state index < -0.39 is 18.2 Å². The number of ether oxygens (including phenoxy) is 2. The molecule has 48 heavy (non-hydrogen) atoms. The van der Waals surface area contributed by atoms with Crippen LogP contribution in [0, 0.1) is 47.3 Å². The monoisotopic (exact) mass is 673 g/mol. The summed E-state index contributed by atoms with van der Waals surface area (Å²) in [6.45, 7) is 19.3. The first-order valence-corrected chi connectivity index (χ1v) is 18.4. The van der Waals surface area contributed by atoms with Crippen molar-refractivity contribution in [3.63, 3.8) is 0 Å². The Morgan fingerprint density at radius 3 is 2.02 bits per heavy atom. The summed E-state index contributed by atoms with van der Waals surface area (Å²) in [6, 6.07) is 4.78. The van der Waals surface area contributed by atoms with E-state index in [0.717, 1.165) is 44.1 Å². The molecule has 3 aliphatic heterocycles. The maximum Gasteiger partial charge on any atom is 0.172 e. The van der Waals surface area contributed by atoms with Gasteiger partial charge in [-0.05, 0) is 105 Å². The SMILES string of the molecule is CC.CC1=C(O)C(O)NC1O.CC1=CC2CC[C@@H](O)[C@H](C)C2[C@@H](C)[C@@H]1CC1O[C@@]2(CC[C@H](C)[C@@H](c3cc(O)cc(O)c3)O2)[C@@H](C)C[C@@H]1C. The van der Waals surface area contributed by atoms with Gasteiger partial charge in [-0.2, -0.15) is 0 Å². The molecule has 7 N–H and O–H groups in total. The van der Waals surface area contributed by atoms with Crippen molar-refractivity contribution in [2.75, 3.05) is 0 Å². The molecule has 1 spiro atoms. The molecular weight excluding hydrogens is 610 g/mol. The molecule has 1 aromatic carbocycles. The van der Waals surface area contributed by atoms with E-state index >= 15 is 0 Å². The Morgan fingerprint density at radius 1 is 0.812 bits per heavy atom. The molecular formula is C39H63NO8. The van der Waals surface area contributed by atoms with E-state index in [1.807, 2.05) is 13.8 Å². The molecule has 5 unspecified atom stereocenters. The predicted molar refractivity (Wildman–Crippen MR) is 187 cm³/mol. The second-order valence-corrected chi connectivity index (χ2v) is 15.3. The van der Waals surface area contributed by atoms with Gasteiger partial charge in [-0.15, -0.1) is 0 Å². The summed E-state index contributed by atoms with van der Waals surface area (Å²) >= 11 is 0. The molecule has 0 radical (unpaired) electrons. The zero-order valence-corrected chi connectivity index (χ0v) is 30.6. The van der Waals surface area contributed by atoms with Crippen molar-refractivity contribution < 1.29 is 40.1 Å². The van der Waals surface area contributed by atoms with Crippen molar-refractivity contribution in [1.82, 2.24) is 5.32 Å². The van der Waals surface area contributed by atoms with Gasteiger partial charge in [0.2, 0.25) is 0 Å². The number of fused-ring (bicyclic) bond motifs is 1. The fraction of sp³-hybridized carbons (Fsp3) is 0.744. The fourth-order valence-corrected chi connectivity index (χ4v) is 9.29. The second kappa shape index (κ2) is 15.8. The van der Waals surface area contributed by atoms with Crippen molar-refractivity contribution >= 4 is 0 Å². The van der Waals surface area contributed by atoms with Crippen molar-refractivity contribution in [2.24, 2.45) is 47.3 Å². The van der Waals surface area contributed by atoms with Gasteiger partial charge >= 0.3 is 0 Å². The van der Waals surface area contributed by atoms with Crippen molar-refractivity contribution in [1.29, 1.82) is 0 Å². The number of benzene rings is 1. The molecule has 1 saturated carbocycles. The third-order valence-electron chi connectivity index (χ3n) is 12.2. The zero-order chi connectivity index (χ0) is 35.7. The molecule has 2 aliphatic carbocycles. The lowest BCUT2D eigenvalue weighted by atomic mass is 9.58. The standard InChI is InChI=1S/C32H48O5.C5H9NO3.C2H6/c1-17-9-10-32(37-31(17)24-13-25(33)15-26(34)14-24)20(4)11-19(3)29(36-32)16-27-18(2)12-23-7-8-28(35)22(6)30(23)21(27)5;1-2-3(7)5(9)6-4(2)8;1-2/h12-15,17,19-23,27-31,33-35H,7-11,16H2,1-6H3;4-9H,1H3;1-2H3/t17-,19-,20-,21-,22-,23?,27+,28+,29?,30?,31-,32+;;/m0../s1. The molecule has 0 bridgehead atoms.